The maximum absolute atomic E-state index is 12.3. The molecule has 1 amide bonds. The highest BCUT2D eigenvalue weighted by Gasteiger charge is 2.13. The van der Waals surface area contributed by atoms with E-state index >= 15 is 0 Å². The first-order valence-corrected chi connectivity index (χ1v) is 9.33. The standard InChI is InChI=1S/C22H27NO5/c1-5-26-19-8-7-18(12-20(19)27-6-2)22(25)23-13-21(24)28-14-17-10-15(3)9-16(4)11-17/h7-12H,5-6,13-14H2,1-4H3,(H,23,25). The number of hydrogen-bond donors (Lipinski definition) is 1. The number of carbonyl (C=O) groups is 2. The molecule has 150 valence electrons. The first-order valence-electron chi connectivity index (χ1n) is 9.33. The zero-order valence-electron chi connectivity index (χ0n) is 16.8. The van der Waals surface area contributed by atoms with Crippen LogP contribution in [0.4, 0.5) is 0 Å². The topological polar surface area (TPSA) is 73.9 Å². The SMILES string of the molecule is CCOc1ccc(C(=O)NCC(=O)OCc2cc(C)cc(C)c2)cc1OCC. The van der Waals surface area contributed by atoms with Crippen molar-refractivity contribution in [1.29, 1.82) is 0 Å². The van der Waals surface area contributed by atoms with Gasteiger partial charge in [-0.05, 0) is 51.5 Å². The van der Waals surface area contributed by atoms with Crippen molar-refractivity contribution in [1.82, 2.24) is 5.32 Å². The predicted octanol–water partition coefficient (Wildman–Crippen LogP) is 3.57. The van der Waals surface area contributed by atoms with Gasteiger partial charge in [-0.15, -0.1) is 0 Å². The number of aryl methyl sites for hydroxylation is 2. The summed E-state index contributed by atoms with van der Waals surface area (Å²) in [4.78, 5) is 24.3. The van der Waals surface area contributed by atoms with Crippen molar-refractivity contribution in [2.75, 3.05) is 19.8 Å². The Morgan fingerprint density at radius 1 is 0.893 bits per heavy atom. The number of ether oxygens (including phenoxy) is 3. The maximum Gasteiger partial charge on any atom is 0.325 e. The molecule has 6 nitrogen and oxygen atoms in total. The van der Waals surface area contributed by atoms with Gasteiger partial charge in [-0.3, -0.25) is 9.59 Å². The summed E-state index contributed by atoms with van der Waals surface area (Å²) in [5.74, 6) is 0.194. The van der Waals surface area contributed by atoms with E-state index in [1.54, 1.807) is 18.2 Å². The molecule has 1 N–H and O–H groups in total. The van der Waals surface area contributed by atoms with E-state index in [2.05, 4.69) is 11.4 Å². The number of esters is 1. The van der Waals surface area contributed by atoms with Gasteiger partial charge in [0.05, 0.1) is 13.2 Å². The van der Waals surface area contributed by atoms with Gasteiger partial charge < -0.3 is 19.5 Å². The van der Waals surface area contributed by atoms with Gasteiger partial charge in [0.1, 0.15) is 13.2 Å². The molecule has 0 heterocycles. The first kappa shape index (κ1) is 21.3. The summed E-state index contributed by atoms with van der Waals surface area (Å²) in [5.41, 5.74) is 3.53. The molecule has 2 aromatic carbocycles. The Hall–Kier alpha value is -3.02. The van der Waals surface area contributed by atoms with Crippen molar-refractivity contribution in [2.24, 2.45) is 0 Å². The predicted molar refractivity (Wildman–Crippen MR) is 107 cm³/mol. The van der Waals surface area contributed by atoms with Crippen molar-refractivity contribution in [2.45, 2.75) is 34.3 Å². The van der Waals surface area contributed by atoms with E-state index in [0.717, 1.165) is 16.7 Å². The molecule has 0 saturated heterocycles. The van der Waals surface area contributed by atoms with Crippen LogP contribution in [0.2, 0.25) is 0 Å². The monoisotopic (exact) mass is 385 g/mol. The molecule has 0 unspecified atom stereocenters. The summed E-state index contributed by atoms with van der Waals surface area (Å²) >= 11 is 0. The van der Waals surface area contributed by atoms with E-state index < -0.39 is 5.97 Å². The van der Waals surface area contributed by atoms with Crippen LogP contribution in [0.1, 0.15) is 40.9 Å². The number of benzene rings is 2. The Bertz CT molecular complexity index is 811. The first-order chi connectivity index (χ1) is 13.4. The van der Waals surface area contributed by atoms with Crippen LogP contribution in [0.15, 0.2) is 36.4 Å². The molecular formula is C22H27NO5. The number of carbonyl (C=O) groups excluding carboxylic acids is 2. The minimum Gasteiger partial charge on any atom is -0.490 e. The fourth-order valence-electron chi connectivity index (χ4n) is 2.81. The van der Waals surface area contributed by atoms with E-state index in [1.807, 2.05) is 39.8 Å². The molecule has 0 saturated carbocycles. The Morgan fingerprint density at radius 2 is 1.54 bits per heavy atom. The van der Waals surface area contributed by atoms with E-state index in [9.17, 15) is 9.59 Å². The smallest absolute Gasteiger partial charge is 0.325 e. The van der Waals surface area contributed by atoms with Crippen LogP contribution in [0, 0.1) is 13.8 Å². The molecule has 0 aliphatic carbocycles. The largest absolute Gasteiger partial charge is 0.490 e. The number of amides is 1. The van der Waals surface area contributed by atoms with Gasteiger partial charge in [0.2, 0.25) is 0 Å². The lowest BCUT2D eigenvalue weighted by molar-refractivity contribution is -0.143. The highest BCUT2D eigenvalue weighted by Crippen LogP contribution is 2.28. The van der Waals surface area contributed by atoms with Gasteiger partial charge in [0.25, 0.3) is 5.91 Å². The lowest BCUT2D eigenvalue weighted by Gasteiger charge is -2.12. The van der Waals surface area contributed by atoms with E-state index in [-0.39, 0.29) is 19.1 Å². The van der Waals surface area contributed by atoms with E-state index in [4.69, 9.17) is 14.2 Å². The lowest BCUT2D eigenvalue weighted by atomic mass is 10.1. The van der Waals surface area contributed by atoms with Crippen LogP contribution in [-0.4, -0.2) is 31.6 Å². The van der Waals surface area contributed by atoms with Crippen LogP contribution in [0.25, 0.3) is 0 Å². The maximum atomic E-state index is 12.3. The summed E-state index contributed by atoms with van der Waals surface area (Å²) in [6.07, 6.45) is 0. The Balaban J connectivity index is 1.90. The van der Waals surface area contributed by atoms with Crippen molar-refractivity contribution < 1.29 is 23.8 Å². The molecule has 0 aromatic heterocycles. The minimum atomic E-state index is -0.497. The van der Waals surface area contributed by atoms with Gasteiger partial charge in [-0.1, -0.05) is 29.3 Å². The third kappa shape index (κ3) is 6.30. The molecule has 28 heavy (non-hydrogen) atoms. The second kappa shape index (κ2) is 10.3. The second-order valence-corrected chi connectivity index (χ2v) is 6.37. The third-order valence-corrected chi connectivity index (χ3v) is 3.88. The lowest BCUT2D eigenvalue weighted by Crippen LogP contribution is -2.30. The molecule has 2 aromatic rings. The Morgan fingerprint density at radius 3 is 2.18 bits per heavy atom. The summed E-state index contributed by atoms with van der Waals surface area (Å²) in [5, 5.41) is 2.57. The average Bonchev–Trinajstić information content (AvgIpc) is 2.65. The molecule has 0 fully saturated rings. The molecular weight excluding hydrogens is 358 g/mol. The van der Waals surface area contributed by atoms with Gasteiger partial charge in [0, 0.05) is 5.56 Å². The quantitative estimate of drug-likeness (QED) is 0.668. The van der Waals surface area contributed by atoms with E-state index in [1.165, 1.54) is 0 Å². The molecule has 0 aliphatic heterocycles. The number of nitrogens with one attached hydrogen (secondary N) is 1. The van der Waals surface area contributed by atoms with Crippen molar-refractivity contribution >= 4 is 11.9 Å². The third-order valence-electron chi connectivity index (χ3n) is 3.88. The van der Waals surface area contributed by atoms with Gasteiger partial charge in [0.15, 0.2) is 11.5 Å². The molecule has 0 radical (unpaired) electrons. The normalized spacial score (nSPS) is 10.3. The summed E-state index contributed by atoms with van der Waals surface area (Å²) in [7, 11) is 0. The molecule has 0 aliphatic rings. The summed E-state index contributed by atoms with van der Waals surface area (Å²) < 4.78 is 16.2. The summed E-state index contributed by atoms with van der Waals surface area (Å²) in [6.45, 7) is 8.63. The highest BCUT2D eigenvalue weighted by molar-refractivity contribution is 5.96. The van der Waals surface area contributed by atoms with Crippen LogP contribution >= 0.6 is 0 Å². The minimum absolute atomic E-state index is 0.175. The zero-order chi connectivity index (χ0) is 20.5. The number of rotatable bonds is 9. The van der Waals surface area contributed by atoms with Gasteiger partial charge >= 0.3 is 5.97 Å². The fourth-order valence-corrected chi connectivity index (χ4v) is 2.81. The van der Waals surface area contributed by atoms with Gasteiger partial charge in [-0.2, -0.15) is 0 Å². The van der Waals surface area contributed by atoms with E-state index in [0.29, 0.717) is 30.3 Å². The summed E-state index contributed by atoms with van der Waals surface area (Å²) in [6, 6.07) is 10.9. The molecule has 0 atom stereocenters. The number of hydrogen-bond acceptors (Lipinski definition) is 5. The van der Waals surface area contributed by atoms with Crippen molar-refractivity contribution in [3.8, 4) is 11.5 Å². The van der Waals surface area contributed by atoms with Crippen molar-refractivity contribution in [3.05, 3.63) is 58.7 Å². The Labute approximate surface area is 165 Å². The second-order valence-electron chi connectivity index (χ2n) is 6.37. The molecule has 2 rings (SSSR count). The van der Waals surface area contributed by atoms with Crippen LogP contribution in [0.3, 0.4) is 0 Å². The molecule has 6 heteroatoms. The fraction of sp³-hybridized carbons (Fsp3) is 0.364. The zero-order valence-corrected chi connectivity index (χ0v) is 16.8. The molecule has 0 bridgehead atoms. The van der Waals surface area contributed by atoms with Crippen molar-refractivity contribution in [3.63, 3.8) is 0 Å². The molecule has 0 spiro atoms. The van der Waals surface area contributed by atoms with Gasteiger partial charge in [-0.25, -0.2) is 0 Å². The van der Waals surface area contributed by atoms with Crippen LogP contribution in [-0.2, 0) is 16.1 Å². The Kier molecular flexibility index (Phi) is 7.87. The van der Waals surface area contributed by atoms with Crippen LogP contribution < -0.4 is 14.8 Å². The van der Waals surface area contributed by atoms with Crippen LogP contribution in [0.5, 0.6) is 11.5 Å². The average molecular weight is 385 g/mol. The highest BCUT2D eigenvalue weighted by atomic mass is 16.5.